The van der Waals surface area contributed by atoms with Gasteiger partial charge in [0.05, 0.1) is 22.2 Å². The highest BCUT2D eigenvalue weighted by molar-refractivity contribution is 6.01. The average Bonchev–Trinajstić information content (AvgIpc) is 2.70. The molecule has 0 spiro atoms. The third-order valence-corrected chi connectivity index (χ3v) is 5.94. The molecular weight excluding hydrogens is 352 g/mol. The largest absolute Gasteiger partial charge is 0.256 e. The van der Waals surface area contributed by atoms with Crippen molar-refractivity contribution in [3.05, 3.63) is 83.2 Å². The Bertz CT molecular complexity index is 1200. The van der Waals surface area contributed by atoms with Crippen LogP contribution in [0.3, 0.4) is 0 Å². The zero-order valence-corrected chi connectivity index (χ0v) is 18.2. The average molecular weight is 382 g/mol. The Labute approximate surface area is 173 Å². The summed E-state index contributed by atoms with van der Waals surface area (Å²) in [6, 6.07) is 17.6. The summed E-state index contributed by atoms with van der Waals surface area (Å²) < 4.78 is 2.26. The Morgan fingerprint density at radius 3 is 2.24 bits per heavy atom. The van der Waals surface area contributed by atoms with Crippen LogP contribution in [0.2, 0.25) is 0 Å². The third kappa shape index (κ3) is 3.44. The molecule has 0 aliphatic rings. The summed E-state index contributed by atoms with van der Waals surface area (Å²) in [4.78, 5) is 4.80. The lowest BCUT2D eigenvalue weighted by atomic mass is 9.93. The highest BCUT2D eigenvalue weighted by atomic mass is 14.9. The summed E-state index contributed by atoms with van der Waals surface area (Å²) in [5.74, 6) is 0.485. The minimum absolute atomic E-state index is 0.485. The molecule has 0 saturated heterocycles. The number of nitrogens with zero attached hydrogens (tertiary/aromatic N) is 2. The van der Waals surface area contributed by atoms with Crippen LogP contribution in [-0.2, 0) is 7.05 Å². The summed E-state index contributed by atoms with van der Waals surface area (Å²) in [6.07, 6.45) is 4.24. The molecule has 2 heteroatoms. The number of hydrogen-bond donors (Lipinski definition) is 0. The predicted octanol–water partition coefficient (Wildman–Crippen LogP) is 6.44. The number of hydrogen-bond acceptors (Lipinski definition) is 1. The van der Waals surface area contributed by atoms with E-state index in [1.54, 1.807) is 0 Å². The Balaban J connectivity index is 2.00. The van der Waals surface area contributed by atoms with Crippen LogP contribution in [0.15, 0.2) is 60.9 Å². The molecule has 0 fully saturated rings. The van der Waals surface area contributed by atoms with Crippen molar-refractivity contribution in [3.8, 4) is 22.5 Å². The molecule has 0 radical (unpaired) electrons. The van der Waals surface area contributed by atoms with Gasteiger partial charge >= 0.3 is 0 Å². The van der Waals surface area contributed by atoms with Crippen molar-refractivity contribution in [1.29, 1.82) is 0 Å². The zero-order chi connectivity index (χ0) is 20.7. The molecular formula is C27H29N2+. The maximum absolute atomic E-state index is 4.80. The topological polar surface area (TPSA) is 16.8 Å². The van der Waals surface area contributed by atoms with Gasteiger partial charge in [-0.05, 0) is 61.6 Å². The van der Waals surface area contributed by atoms with Crippen molar-refractivity contribution in [3.63, 3.8) is 0 Å². The van der Waals surface area contributed by atoms with Crippen molar-refractivity contribution < 1.29 is 4.57 Å². The molecule has 0 atom stereocenters. The smallest absolute Gasteiger partial charge is 0.220 e. The molecule has 29 heavy (non-hydrogen) atoms. The first-order valence-corrected chi connectivity index (χ1v) is 10.3. The second-order valence-electron chi connectivity index (χ2n) is 8.43. The number of fused-ring (bicyclic) bond motifs is 1. The Kier molecular flexibility index (Phi) is 4.96. The lowest BCUT2D eigenvalue weighted by molar-refractivity contribution is -0.658. The molecule has 0 aliphatic carbocycles. The van der Waals surface area contributed by atoms with E-state index in [0.717, 1.165) is 5.69 Å². The van der Waals surface area contributed by atoms with E-state index in [1.807, 2.05) is 6.20 Å². The van der Waals surface area contributed by atoms with Gasteiger partial charge < -0.3 is 0 Å². The fourth-order valence-corrected chi connectivity index (χ4v) is 4.17. The molecule has 0 aliphatic heterocycles. The van der Waals surface area contributed by atoms with Gasteiger partial charge in [0, 0.05) is 11.6 Å². The van der Waals surface area contributed by atoms with E-state index < -0.39 is 0 Å². The van der Waals surface area contributed by atoms with Crippen LogP contribution in [0.5, 0.6) is 0 Å². The molecule has 0 bridgehead atoms. The molecule has 0 amide bonds. The standard InChI is InChI=1S/C27H29N2/c1-17(2)21-11-12-26(28-15-21)25-16-29(6)27(23-10-8-7-9-22(23)25)24-14-18(3)13-19(4)20(24)5/h7-17H,1-6H3/q+1. The van der Waals surface area contributed by atoms with Gasteiger partial charge in [0.25, 0.3) is 0 Å². The van der Waals surface area contributed by atoms with Gasteiger partial charge in [-0.2, -0.15) is 4.57 Å². The first kappa shape index (κ1) is 19.3. The highest BCUT2D eigenvalue weighted by Gasteiger charge is 2.22. The van der Waals surface area contributed by atoms with E-state index >= 15 is 0 Å². The summed E-state index contributed by atoms with van der Waals surface area (Å²) in [7, 11) is 2.14. The second-order valence-corrected chi connectivity index (χ2v) is 8.43. The lowest BCUT2D eigenvalue weighted by Gasteiger charge is -2.14. The van der Waals surface area contributed by atoms with E-state index in [9.17, 15) is 0 Å². The third-order valence-electron chi connectivity index (χ3n) is 5.94. The first-order chi connectivity index (χ1) is 13.9. The molecule has 2 aromatic heterocycles. The summed E-state index contributed by atoms with van der Waals surface area (Å²) >= 11 is 0. The van der Waals surface area contributed by atoms with Gasteiger partial charge in [-0.3, -0.25) is 4.98 Å². The van der Waals surface area contributed by atoms with E-state index in [0.29, 0.717) is 5.92 Å². The van der Waals surface area contributed by atoms with Gasteiger partial charge in [-0.15, -0.1) is 0 Å². The fraction of sp³-hybridized carbons (Fsp3) is 0.259. The molecule has 0 N–H and O–H groups in total. The normalized spacial score (nSPS) is 11.4. The number of benzene rings is 2. The number of aromatic nitrogens is 2. The Morgan fingerprint density at radius 1 is 0.862 bits per heavy atom. The van der Waals surface area contributed by atoms with Crippen LogP contribution in [-0.4, -0.2) is 4.98 Å². The molecule has 146 valence electrons. The lowest BCUT2D eigenvalue weighted by Crippen LogP contribution is -2.31. The highest BCUT2D eigenvalue weighted by Crippen LogP contribution is 2.34. The molecule has 0 unspecified atom stereocenters. The van der Waals surface area contributed by atoms with Gasteiger partial charge in [0.15, 0.2) is 6.20 Å². The van der Waals surface area contributed by atoms with Gasteiger partial charge in [0.1, 0.15) is 7.05 Å². The van der Waals surface area contributed by atoms with Crippen LogP contribution >= 0.6 is 0 Å². The molecule has 2 aromatic carbocycles. The SMILES string of the molecule is Cc1cc(C)c(C)c(-c2c3ccccc3c(-c3ccc(C(C)C)cn3)c[n+]2C)c1. The van der Waals surface area contributed by atoms with E-state index in [4.69, 9.17) is 4.98 Å². The van der Waals surface area contributed by atoms with Crippen LogP contribution in [0.25, 0.3) is 33.3 Å². The van der Waals surface area contributed by atoms with Crippen LogP contribution in [0.4, 0.5) is 0 Å². The Hall–Kier alpha value is -3.00. The van der Waals surface area contributed by atoms with Gasteiger partial charge in [0.2, 0.25) is 5.69 Å². The molecule has 4 rings (SSSR count). The molecule has 2 nitrogen and oxygen atoms in total. The maximum atomic E-state index is 4.80. The van der Waals surface area contributed by atoms with Crippen molar-refractivity contribution in [2.75, 3.05) is 0 Å². The molecule has 2 heterocycles. The minimum atomic E-state index is 0.485. The van der Waals surface area contributed by atoms with E-state index in [2.05, 4.69) is 101 Å². The molecule has 4 aromatic rings. The van der Waals surface area contributed by atoms with Crippen LogP contribution in [0.1, 0.15) is 42.0 Å². The minimum Gasteiger partial charge on any atom is -0.256 e. The quantitative estimate of drug-likeness (QED) is 0.373. The van der Waals surface area contributed by atoms with Crippen molar-refractivity contribution >= 4 is 10.8 Å². The summed E-state index contributed by atoms with van der Waals surface area (Å²) in [5.41, 5.74) is 9.98. The maximum Gasteiger partial charge on any atom is 0.220 e. The number of pyridine rings is 2. The van der Waals surface area contributed by atoms with Crippen molar-refractivity contribution in [2.45, 2.75) is 40.5 Å². The Morgan fingerprint density at radius 2 is 1.59 bits per heavy atom. The van der Waals surface area contributed by atoms with Crippen LogP contribution < -0.4 is 4.57 Å². The van der Waals surface area contributed by atoms with Crippen molar-refractivity contribution in [1.82, 2.24) is 4.98 Å². The number of rotatable bonds is 3. The van der Waals surface area contributed by atoms with E-state index in [-0.39, 0.29) is 0 Å². The molecule has 0 saturated carbocycles. The van der Waals surface area contributed by atoms with Gasteiger partial charge in [-0.25, -0.2) is 0 Å². The summed E-state index contributed by atoms with van der Waals surface area (Å²) in [5, 5.41) is 2.50. The fourth-order valence-electron chi connectivity index (χ4n) is 4.17. The van der Waals surface area contributed by atoms with Crippen LogP contribution in [0, 0.1) is 20.8 Å². The predicted molar refractivity (Wildman–Crippen MR) is 122 cm³/mol. The zero-order valence-electron chi connectivity index (χ0n) is 18.2. The van der Waals surface area contributed by atoms with Gasteiger partial charge in [-0.1, -0.05) is 49.7 Å². The second kappa shape index (κ2) is 7.44. The van der Waals surface area contributed by atoms with E-state index in [1.165, 1.54) is 49.8 Å². The number of aryl methyl sites for hydroxylation is 3. The first-order valence-electron chi connectivity index (χ1n) is 10.3. The summed E-state index contributed by atoms with van der Waals surface area (Å²) in [6.45, 7) is 11.0. The monoisotopic (exact) mass is 381 g/mol. The van der Waals surface area contributed by atoms with Crippen molar-refractivity contribution in [2.24, 2.45) is 7.05 Å².